The van der Waals surface area contributed by atoms with Crippen molar-refractivity contribution in [2.75, 3.05) is 7.11 Å². The van der Waals surface area contributed by atoms with Gasteiger partial charge in [0.25, 0.3) is 5.91 Å². The molecule has 1 amide bonds. The summed E-state index contributed by atoms with van der Waals surface area (Å²) >= 11 is 0. The van der Waals surface area contributed by atoms with Crippen LogP contribution in [0.25, 0.3) is 0 Å². The molecule has 1 aromatic carbocycles. The Labute approximate surface area is 83.1 Å². The van der Waals surface area contributed by atoms with Crippen LogP contribution in [-0.4, -0.2) is 19.1 Å². The van der Waals surface area contributed by atoms with E-state index in [0.29, 0.717) is 17.4 Å². The van der Waals surface area contributed by atoms with Gasteiger partial charge in [0.1, 0.15) is 5.75 Å². The van der Waals surface area contributed by atoms with E-state index >= 15 is 0 Å². The fourth-order valence-electron chi connectivity index (χ4n) is 1.26. The third-order valence-corrected chi connectivity index (χ3v) is 2.18. The fraction of sp³-hybridized carbons (Fsp3) is 0.364. The molecule has 1 radical (unpaired) electrons. The molecule has 3 heteroatoms. The maximum absolute atomic E-state index is 11.7. The SMILES string of the molecule is COc1[c]cccc1C(=O)NC1CC1. The highest BCUT2D eigenvalue weighted by Crippen LogP contribution is 2.21. The van der Waals surface area contributed by atoms with Crippen LogP contribution in [0, 0.1) is 6.07 Å². The van der Waals surface area contributed by atoms with Crippen LogP contribution in [0.15, 0.2) is 18.2 Å². The number of hydrogen-bond acceptors (Lipinski definition) is 2. The monoisotopic (exact) mass is 190 g/mol. The number of nitrogens with one attached hydrogen (secondary N) is 1. The number of carbonyl (C=O) groups excluding carboxylic acids is 1. The molecule has 0 bridgehead atoms. The van der Waals surface area contributed by atoms with E-state index in [9.17, 15) is 4.79 Å². The van der Waals surface area contributed by atoms with E-state index in [0.717, 1.165) is 12.8 Å². The molecule has 0 unspecified atom stereocenters. The molecule has 0 aromatic heterocycles. The number of methoxy groups -OCH3 is 1. The van der Waals surface area contributed by atoms with Gasteiger partial charge >= 0.3 is 0 Å². The van der Waals surface area contributed by atoms with Gasteiger partial charge in [0.05, 0.1) is 12.7 Å². The van der Waals surface area contributed by atoms with E-state index in [4.69, 9.17) is 4.74 Å². The van der Waals surface area contributed by atoms with Gasteiger partial charge in [-0.2, -0.15) is 0 Å². The second kappa shape index (κ2) is 3.70. The summed E-state index contributed by atoms with van der Waals surface area (Å²) < 4.78 is 5.05. The Morgan fingerprint density at radius 1 is 1.64 bits per heavy atom. The van der Waals surface area contributed by atoms with Gasteiger partial charge in [-0.25, -0.2) is 0 Å². The van der Waals surface area contributed by atoms with Crippen LogP contribution in [0.2, 0.25) is 0 Å². The second-order valence-corrected chi connectivity index (χ2v) is 3.36. The lowest BCUT2D eigenvalue weighted by atomic mass is 10.2. The molecular formula is C11H12NO2. The summed E-state index contributed by atoms with van der Waals surface area (Å²) in [5, 5.41) is 2.91. The average molecular weight is 190 g/mol. The van der Waals surface area contributed by atoms with E-state index < -0.39 is 0 Å². The van der Waals surface area contributed by atoms with Gasteiger partial charge in [-0.1, -0.05) is 12.1 Å². The minimum absolute atomic E-state index is 0.0683. The molecular weight excluding hydrogens is 178 g/mol. The van der Waals surface area contributed by atoms with Crippen molar-refractivity contribution in [3.8, 4) is 5.75 Å². The van der Waals surface area contributed by atoms with Crippen molar-refractivity contribution in [3.05, 3.63) is 29.8 Å². The van der Waals surface area contributed by atoms with Crippen LogP contribution in [0.5, 0.6) is 5.75 Å². The van der Waals surface area contributed by atoms with Gasteiger partial charge in [-0.3, -0.25) is 4.79 Å². The Morgan fingerprint density at radius 3 is 3.07 bits per heavy atom. The molecule has 1 N–H and O–H groups in total. The number of ether oxygens (including phenoxy) is 1. The molecule has 2 rings (SSSR count). The smallest absolute Gasteiger partial charge is 0.255 e. The number of carbonyl (C=O) groups is 1. The molecule has 3 nitrogen and oxygen atoms in total. The van der Waals surface area contributed by atoms with Crippen LogP contribution in [-0.2, 0) is 0 Å². The predicted molar refractivity (Wildman–Crippen MR) is 52.3 cm³/mol. The Bertz CT molecular complexity index is 345. The molecule has 0 aliphatic heterocycles. The van der Waals surface area contributed by atoms with Crippen LogP contribution in [0.1, 0.15) is 23.2 Å². The standard InChI is InChI=1S/C11H12NO2/c1-14-10-5-3-2-4-9(10)11(13)12-8-6-7-8/h2-4,8H,6-7H2,1H3,(H,12,13). The molecule has 73 valence electrons. The molecule has 1 aliphatic rings. The van der Waals surface area contributed by atoms with Crippen molar-refractivity contribution < 1.29 is 9.53 Å². The first-order chi connectivity index (χ1) is 6.81. The molecule has 1 fully saturated rings. The highest BCUT2D eigenvalue weighted by Gasteiger charge is 2.24. The number of hydrogen-bond donors (Lipinski definition) is 1. The average Bonchev–Trinajstić information content (AvgIpc) is 3.01. The molecule has 14 heavy (non-hydrogen) atoms. The molecule has 1 aromatic rings. The molecule has 1 saturated carbocycles. The third-order valence-electron chi connectivity index (χ3n) is 2.18. The minimum atomic E-state index is -0.0683. The van der Waals surface area contributed by atoms with Gasteiger partial charge in [0.15, 0.2) is 0 Å². The van der Waals surface area contributed by atoms with Gasteiger partial charge in [-0.15, -0.1) is 0 Å². The van der Waals surface area contributed by atoms with E-state index in [-0.39, 0.29) is 5.91 Å². The maximum atomic E-state index is 11.7. The third kappa shape index (κ3) is 1.87. The molecule has 0 spiro atoms. The highest BCUT2D eigenvalue weighted by molar-refractivity contribution is 5.97. The zero-order valence-electron chi connectivity index (χ0n) is 8.04. The Kier molecular flexibility index (Phi) is 2.39. The summed E-state index contributed by atoms with van der Waals surface area (Å²) in [6, 6.07) is 8.50. The van der Waals surface area contributed by atoms with Crippen LogP contribution >= 0.6 is 0 Å². The van der Waals surface area contributed by atoms with E-state index in [1.807, 2.05) is 0 Å². The van der Waals surface area contributed by atoms with E-state index in [1.54, 1.807) is 25.3 Å². The normalized spacial score (nSPS) is 14.9. The Balaban J connectivity index is 2.16. The summed E-state index contributed by atoms with van der Waals surface area (Å²) in [6.07, 6.45) is 2.18. The lowest BCUT2D eigenvalue weighted by Gasteiger charge is -2.07. The zero-order chi connectivity index (χ0) is 9.97. The van der Waals surface area contributed by atoms with E-state index in [1.165, 1.54) is 0 Å². The molecule has 0 heterocycles. The first-order valence-electron chi connectivity index (χ1n) is 4.67. The van der Waals surface area contributed by atoms with Crippen LogP contribution < -0.4 is 10.1 Å². The zero-order valence-corrected chi connectivity index (χ0v) is 8.04. The van der Waals surface area contributed by atoms with Crippen molar-refractivity contribution in [2.24, 2.45) is 0 Å². The molecule has 0 atom stereocenters. The number of amides is 1. The number of para-hydroxylation sites is 1. The summed E-state index contributed by atoms with van der Waals surface area (Å²) in [5.74, 6) is 0.437. The topological polar surface area (TPSA) is 38.3 Å². The summed E-state index contributed by atoms with van der Waals surface area (Å²) in [7, 11) is 1.54. The Morgan fingerprint density at radius 2 is 2.43 bits per heavy atom. The molecule has 0 saturated heterocycles. The molecule has 1 aliphatic carbocycles. The summed E-state index contributed by atoms with van der Waals surface area (Å²) in [4.78, 5) is 11.7. The second-order valence-electron chi connectivity index (χ2n) is 3.36. The van der Waals surface area contributed by atoms with Crippen molar-refractivity contribution >= 4 is 5.91 Å². The highest BCUT2D eigenvalue weighted by atomic mass is 16.5. The lowest BCUT2D eigenvalue weighted by molar-refractivity contribution is 0.0948. The van der Waals surface area contributed by atoms with Crippen molar-refractivity contribution in [2.45, 2.75) is 18.9 Å². The fourth-order valence-corrected chi connectivity index (χ4v) is 1.26. The number of benzene rings is 1. The predicted octanol–water partition coefficient (Wildman–Crippen LogP) is 1.39. The van der Waals surface area contributed by atoms with Gasteiger partial charge < -0.3 is 10.1 Å². The van der Waals surface area contributed by atoms with Gasteiger partial charge in [0, 0.05) is 12.1 Å². The quantitative estimate of drug-likeness (QED) is 0.782. The number of rotatable bonds is 3. The van der Waals surface area contributed by atoms with Gasteiger partial charge in [0.2, 0.25) is 0 Å². The first kappa shape index (κ1) is 9.06. The van der Waals surface area contributed by atoms with Crippen molar-refractivity contribution in [1.82, 2.24) is 5.32 Å². The van der Waals surface area contributed by atoms with Gasteiger partial charge in [-0.05, 0) is 18.9 Å². The summed E-state index contributed by atoms with van der Waals surface area (Å²) in [5.41, 5.74) is 0.557. The largest absolute Gasteiger partial charge is 0.495 e. The first-order valence-corrected chi connectivity index (χ1v) is 4.67. The van der Waals surface area contributed by atoms with Crippen LogP contribution in [0.4, 0.5) is 0 Å². The maximum Gasteiger partial charge on any atom is 0.255 e. The summed E-state index contributed by atoms with van der Waals surface area (Å²) in [6.45, 7) is 0. The van der Waals surface area contributed by atoms with Crippen molar-refractivity contribution in [3.63, 3.8) is 0 Å². The lowest BCUT2D eigenvalue weighted by Crippen LogP contribution is -2.25. The Hall–Kier alpha value is -1.51. The van der Waals surface area contributed by atoms with Crippen molar-refractivity contribution in [1.29, 1.82) is 0 Å². The van der Waals surface area contributed by atoms with E-state index in [2.05, 4.69) is 11.4 Å². The minimum Gasteiger partial charge on any atom is -0.495 e. The van der Waals surface area contributed by atoms with Crippen LogP contribution in [0.3, 0.4) is 0 Å².